The first-order chi connectivity index (χ1) is 9.97. The minimum absolute atomic E-state index is 0.181. The van der Waals surface area contributed by atoms with E-state index in [-0.39, 0.29) is 5.95 Å². The van der Waals surface area contributed by atoms with E-state index >= 15 is 0 Å². The highest BCUT2D eigenvalue weighted by atomic mass is 16.3. The molecule has 2 aromatic heterocycles. The number of aromatic nitrogens is 4. The summed E-state index contributed by atoms with van der Waals surface area (Å²) in [6.07, 6.45) is 1.44. The van der Waals surface area contributed by atoms with Gasteiger partial charge in [0.05, 0.1) is 5.69 Å². The summed E-state index contributed by atoms with van der Waals surface area (Å²) in [6, 6.07) is 0. The third-order valence-corrected chi connectivity index (χ3v) is 3.65. The summed E-state index contributed by atoms with van der Waals surface area (Å²) >= 11 is 0. The zero-order valence-corrected chi connectivity index (χ0v) is 12.4. The maximum Gasteiger partial charge on any atom is 0.232 e. The van der Waals surface area contributed by atoms with Gasteiger partial charge in [0.15, 0.2) is 12.0 Å². The van der Waals surface area contributed by atoms with Gasteiger partial charge in [-0.3, -0.25) is 0 Å². The second-order valence-corrected chi connectivity index (χ2v) is 4.97. The van der Waals surface area contributed by atoms with Gasteiger partial charge in [-0.15, -0.1) is 0 Å². The van der Waals surface area contributed by atoms with Crippen LogP contribution in [0.4, 0.5) is 17.6 Å². The van der Waals surface area contributed by atoms with Crippen LogP contribution in [-0.2, 0) is 0 Å². The molecule has 2 heterocycles. The molecule has 0 unspecified atom stereocenters. The van der Waals surface area contributed by atoms with Crippen LogP contribution in [0.25, 0.3) is 11.1 Å². The quantitative estimate of drug-likeness (QED) is 0.745. The Labute approximate surface area is 121 Å². The SMILES string of the molecule is Cc1nc(N)nc(Nc2c(C)c(C)c(C)c3ncoc23)n1. The summed E-state index contributed by atoms with van der Waals surface area (Å²) in [4.78, 5) is 16.6. The molecule has 0 aliphatic carbocycles. The lowest BCUT2D eigenvalue weighted by atomic mass is 10.0. The minimum atomic E-state index is 0.181. The molecule has 0 aliphatic heterocycles. The molecule has 0 spiro atoms. The maximum absolute atomic E-state index is 5.66. The lowest BCUT2D eigenvalue weighted by Crippen LogP contribution is -2.06. The van der Waals surface area contributed by atoms with Crippen molar-refractivity contribution in [2.24, 2.45) is 0 Å². The molecule has 0 aliphatic rings. The Kier molecular flexibility index (Phi) is 2.97. The summed E-state index contributed by atoms with van der Waals surface area (Å²) in [5.74, 6) is 1.13. The van der Waals surface area contributed by atoms with Crippen molar-refractivity contribution in [3.05, 3.63) is 28.9 Å². The van der Waals surface area contributed by atoms with Gasteiger partial charge in [0.2, 0.25) is 11.9 Å². The topological polar surface area (TPSA) is 103 Å². The molecular formula is C14H16N6O. The minimum Gasteiger partial charge on any atom is -0.441 e. The number of nitrogens with zero attached hydrogens (tertiary/aromatic N) is 4. The molecule has 0 amide bonds. The van der Waals surface area contributed by atoms with E-state index in [1.807, 2.05) is 13.8 Å². The van der Waals surface area contributed by atoms with Crippen LogP contribution >= 0.6 is 0 Å². The molecule has 1 aromatic carbocycles. The average Bonchev–Trinajstić information content (AvgIpc) is 2.89. The lowest BCUT2D eigenvalue weighted by Gasteiger charge is -2.13. The molecule has 0 saturated heterocycles. The molecule has 21 heavy (non-hydrogen) atoms. The monoisotopic (exact) mass is 284 g/mol. The normalized spacial score (nSPS) is 11.0. The Balaban J connectivity index is 2.18. The number of hydrogen-bond donors (Lipinski definition) is 2. The van der Waals surface area contributed by atoms with Gasteiger partial charge in [-0.05, 0) is 44.4 Å². The first-order valence-corrected chi connectivity index (χ1v) is 6.55. The van der Waals surface area contributed by atoms with E-state index in [0.29, 0.717) is 17.4 Å². The van der Waals surface area contributed by atoms with Crippen molar-refractivity contribution in [1.29, 1.82) is 0 Å². The van der Waals surface area contributed by atoms with Gasteiger partial charge in [0, 0.05) is 0 Å². The number of oxazole rings is 1. The molecule has 0 radical (unpaired) electrons. The summed E-state index contributed by atoms with van der Waals surface area (Å²) in [7, 11) is 0. The fourth-order valence-electron chi connectivity index (χ4n) is 2.33. The molecule has 7 heteroatoms. The number of nitrogen functional groups attached to an aromatic ring is 1. The summed E-state index contributed by atoms with van der Waals surface area (Å²) in [6.45, 7) is 7.86. The molecule has 7 nitrogen and oxygen atoms in total. The number of nitrogens with two attached hydrogens (primary N) is 1. The Hall–Kier alpha value is -2.70. The van der Waals surface area contributed by atoms with Gasteiger partial charge in [-0.1, -0.05) is 0 Å². The second-order valence-electron chi connectivity index (χ2n) is 4.97. The molecule has 108 valence electrons. The molecular weight excluding hydrogens is 268 g/mol. The van der Waals surface area contributed by atoms with Crippen molar-refractivity contribution >= 4 is 28.7 Å². The number of rotatable bonds is 2. The van der Waals surface area contributed by atoms with Crippen molar-refractivity contribution in [2.45, 2.75) is 27.7 Å². The van der Waals surface area contributed by atoms with Crippen molar-refractivity contribution < 1.29 is 4.42 Å². The van der Waals surface area contributed by atoms with Gasteiger partial charge in [0.1, 0.15) is 11.3 Å². The number of hydrogen-bond acceptors (Lipinski definition) is 7. The number of anilines is 3. The van der Waals surface area contributed by atoms with Crippen molar-refractivity contribution in [3.63, 3.8) is 0 Å². The van der Waals surface area contributed by atoms with Gasteiger partial charge < -0.3 is 15.5 Å². The molecule has 0 bridgehead atoms. The smallest absolute Gasteiger partial charge is 0.232 e. The molecule has 3 N–H and O–H groups in total. The highest BCUT2D eigenvalue weighted by Crippen LogP contribution is 2.34. The van der Waals surface area contributed by atoms with Crippen molar-refractivity contribution in [2.75, 3.05) is 11.1 Å². The van der Waals surface area contributed by atoms with Crippen molar-refractivity contribution in [3.8, 4) is 0 Å². The van der Waals surface area contributed by atoms with Crippen LogP contribution in [0.15, 0.2) is 10.8 Å². The first kappa shape index (κ1) is 13.3. The Morgan fingerprint density at radius 1 is 1.00 bits per heavy atom. The Morgan fingerprint density at radius 3 is 2.48 bits per heavy atom. The highest BCUT2D eigenvalue weighted by Gasteiger charge is 2.16. The lowest BCUT2D eigenvalue weighted by molar-refractivity contribution is 0.603. The van der Waals surface area contributed by atoms with Crippen LogP contribution in [-0.4, -0.2) is 19.9 Å². The largest absolute Gasteiger partial charge is 0.441 e. The van der Waals surface area contributed by atoms with E-state index < -0.39 is 0 Å². The van der Waals surface area contributed by atoms with Gasteiger partial charge in [-0.25, -0.2) is 4.98 Å². The highest BCUT2D eigenvalue weighted by molar-refractivity contribution is 5.93. The third kappa shape index (κ3) is 2.16. The van der Waals surface area contributed by atoms with E-state index in [4.69, 9.17) is 10.2 Å². The van der Waals surface area contributed by atoms with Crippen molar-refractivity contribution in [1.82, 2.24) is 19.9 Å². The van der Waals surface area contributed by atoms with E-state index in [0.717, 1.165) is 27.9 Å². The second kappa shape index (κ2) is 4.69. The molecule has 3 aromatic rings. The fraction of sp³-hybridized carbons (Fsp3) is 0.286. The van der Waals surface area contributed by atoms with Gasteiger partial charge in [-0.2, -0.15) is 15.0 Å². The molecule has 0 atom stereocenters. The standard InChI is InChI=1S/C14H16N6O/c1-6-7(2)10-12(21-5-16-10)11(8(6)3)19-14-18-9(4)17-13(15)20-14/h5H,1-4H3,(H3,15,17,18,19,20). The van der Waals surface area contributed by atoms with Crippen LogP contribution in [0.2, 0.25) is 0 Å². The van der Waals surface area contributed by atoms with Crippen LogP contribution in [0.5, 0.6) is 0 Å². The number of fused-ring (bicyclic) bond motifs is 1. The molecule has 0 fully saturated rings. The van der Waals surface area contributed by atoms with Gasteiger partial charge in [0.25, 0.3) is 0 Å². The first-order valence-electron chi connectivity index (χ1n) is 6.55. The zero-order chi connectivity index (χ0) is 15.1. The predicted octanol–water partition coefficient (Wildman–Crippen LogP) is 2.57. The summed E-state index contributed by atoms with van der Waals surface area (Å²) in [5.41, 5.74) is 11.3. The van der Waals surface area contributed by atoms with E-state index in [1.165, 1.54) is 6.39 Å². The number of aryl methyl sites for hydroxylation is 2. The van der Waals surface area contributed by atoms with Crippen LogP contribution < -0.4 is 11.1 Å². The predicted molar refractivity (Wildman–Crippen MR) is 80.5 cm³/mol. The molecule has 0 saturated carbocycles. The number of benzene rings is 1. The van der Waals surface area contributed by atoms with Gasteiger partial charge >= 0.3 is 0 Å². The van der Waals surface area contributed by atoms with Crippen LogP contribution in [0.1, 0.15) is 22.5 Å². The Morgan fingerprint density at radius 2 is 1.76 bits per heavy atom. The molecule has 3 rings (SSSR count). The van der Waals surface area contributed by atoms with Crippen LogP contribution in [0.3, 0.4) is 0 Å². The van der Waals surface area contributed by atoms with Crippen LogP contribution in [0, 0.1) is 27.7 Å². The Bertz CT molecular complexity index is 819. The number of nitrogens with one attached hydrogen (secondary N) is 1. The zero-order valence-electron chi connectivity index (χ0n) is 12.4. The average molecular weight is 284 g/mol. The van der Waals surface area contributed by atoms with E-state index in [1.54, 1.807) is 6.92 Å². The van der Waals surface area contributed by atoms with E-state index in [2.05, 4.69) is 32.2 Å². The van der Waals surface area contributed by atoms with E-state index in [9.17, 15) is 0 Å². The third-order valence-electron chi connectivity index (χ3n) is 3.65. The summed E-state index contributed by atoms with van der Waals surface area (Å²) in [5, 5.41) is 3.18. The summed E-state index contributed by atoms with van der Waals surface area (Å²) < 4.78 is 5.52. The maximum atomic E-state index is 5.66. The fourth-order valence-corrected chi connectivity index (χ4v) is 2.33.